The molecule has 0 atom stereocenters. The van der Waals surface area contributed by atoms with E-state index in [1.54, 1.807) is 0 Å². The molecule has 1 heterocycles. The fourth-order valence-electron chi connectivity index (χ4n) is 1.44. The van der Waals surface area contributed by atoms with Gasteiger partial charge in [0.2, 0.25) is 0 Å². The van der Waals surface area contributed by atoms with Crippen LogP contribution in [0.3, 0.4) is 0 Å². The van der Waals surface area contributed by atoms with Crippen LogP contribution in [0.5, 0.6) is 0 Å². The lowest BCUT2D eigenvalue weighted by atomic mass is 9.87. The highest BCUT2D eigenvalue weighted by Gasteiger charge is 2.34. The molecule has 1 fully saturated rings. The Kier molecular flexibility index (Phi) is 4.16. The van der Waals surface area contributed by atoms with Gasteiger partial charge < -0.3 is 14.6 Å². The molecule has 3 heteroatoms. The second-order valence-corrected chi connectivity index (χ2v) is 3.85. The topological polar surface area (TPSA) is 38.7 Å². The van der Waals surface area contributed by atoms with Gasteiger partial charge in [-0.3, -0.25) is 0 Å². The molecule has 0 radical (unpaired) electrons. The standard InChI is InChI=1S/C10H20O3/c1-3-5-9-12-7-10(4-2,6-11)8-13-9/h9,11H,3-8H2,1-2H3. The molecule has 1 N–H and O–H groups in total. The molecule has 13 heavy (non-hydrogen) atoms. The Bertz CT molecular complexity index is 133. The van der Waals surface area contributed by atoms with E-state index in [0.29, 0.717) is 13.2 Å². The average molecular weight is 188 g/mol. The van der Waals surface area contributed by atoms with Gasteiger partial charge in [0.15, 0.2) is 6.29 Å². The molecule has 0 aromatic rings. The van der Waals surface area contributed by atoms with Crippen molar-refractivity contribution in [3.63, 3.8) is 0 Å². The number of ether oxygens (including phenoxy) is 2. The fraction of sp³-hybridized carbons (Fsp3) is 1.00. The molecule has 1 saturated heterocycles. The van der Waals surface area contributed by atoms with Crippen LogP contribution in [0.25, 0.3) is 0 Å². The highest BCUT2D eigenvalue weighted by atomic mass is 16.7. The molecule has 78 valence electrons. The largest absolute Gasteiger partial charge is 0.396 e. The second kappa shape index (κ2) is 4.94. The van der Waals surface area contributed by atoms with E-state index in [-0.39, 0.29) is 18.3 Å². The highest BCUT2D eigenvalue weighted by molar-refractivity contribution is 4.79. The molecule has 0 bridgehead atoms. The Labute approximate surface area is 80.0 Å². The van der Waals surface area contributed by atoms with Crippen LogP contribution >= 0.6 is 0 Å². The lowest BCUT2D eigenvalue weighted by Gasteiger charge is -2.38. The van der Waals surface area contributed by atoms with Gasteiger partial charge in [-0.25, -0.2) is 0 Å². The molecule has 0 saturated carbocycles. The van der Waals surface area contributed by atoms with E-state index in [0.717, 1.165) is 19.3 Å². The summed E-state index contributed by atoms with van der Waals surface area (Å²) in [6.45, 7) is 5.58. The third kappa shape index (κ3) is 2.66. The zero-order chi connectivity index (χ0) is 9.73. The van der Waals surface area contributed by atoms with Gasteiger partial charge in [0.1, 0.15) is 0 Å². The van der Waals surface area contributed by atoms with Crippen molar-refractivity contribution in [2.24, 2.45) is 5.41 Å². The molecule has 0 spiro atoms. The van der Waals surface area contributed by atoms with Crippen LogP contribution in [-0.4, -0.2) is 31.2 Å². The number of hydrogen-bond donors (Lipinski definition) is 1. The van der Waals surface area contributed by atoms with Crippen LogP contribution in [0.1, 0.15) is 33.1 Å². The molecular weight excluding hydrogens is 168 g/mol. The van der Waals surface area contributed by atoms with Crippen molar-refractivity contribution in [1.29, 1.82) is 0 Å². The monoisotopic (exact) mass is 188 g/mol. The Morgan fingerprint density at radius 1 is 1.31 bits per heavy atom. The van der Waals surface area contributed by atoms with Gasteiger partial charge in [-0.05, 0) is 12.8 Å². The zero-order valence-corrected chi connectivity index (χ0v) is 8.58. The highest BCUT2D eigenvalue weighted by Crippen LogP contribution is 2.28. The summed E-state index contributed by atoms with van der Waals surface area (Å²) in [5.41, 5.74) is -0.149. The molecule has 0 amide bonds. The van der Waals surface area contributed by atoms with Crippen LogP contribution in [0.15, 0.2) is 0 Å². The third-order valence-corrected chi connectivity index (χ3v) is 2.76. The lowest BCUT2D eigenvalue weighted by Crippen LogP contribution is -2.43. The van der Waals surface area contributed by atoms with Crippen LogP contribution in [-0.2, 0) is 9.47 Å². The number of aliphatic hydroxyl groups excluding tert-OH is 1. The SMILES string of the molecule is CCCC1OCC(CC)(CO)CO1. The van der Waals surface area contributed by atoms with E-state index in [9.17, 15) is 5.11 Å². The molecule has 0 unspecified atom stereocenters. The third-order valence-electron chi connectivity index (χ3n) is 2.76. The van der Waals surface area contributed by atoms with Crippen molar-refractivity contribution in [3.8, 4) is 0 Å². The van der Waals surface area contributed by atoms with Gasteiger partial charge in [-0.15, -0.1) is 0 Å². The van der Waals surface area contributed by atoms with Gasteiger partial charge in [-0.1, -0.05) is 20.3 Å². The van der Waals surface area contributed by atoms with E-state index >= 15 is 0 Å². The Morgan fingerprint density at radius 3 is 2.31 bits per heavy atom. The van der Waals surface area contributed by atoms with Crippen molar-refractivity contribution in [2.75, 3.05) is 19.8 Å². The smallest absolute Gasteiger partial charge is 0.157 e. The number of rotatable bonds is 4. The average Bonchev–Trinajstić information content (AvgIpc) is 2.20. The minimum absolute atomic E-state index is 0.0452. The number of hydrogen-bond acceptors (Lipinski definition) is 3. The summed E-state index contributed by atoms with van der Waals surface area (Å²) in [4.78, 5) is 0. The minimum Gasteiger partial charge on any atom is -0.396 e. The van der Waals surface area contributed by atoms with E-state index in [1.807, 2.05) is 0 Å². The first kappa shape index (κ1) is 11.0. The van der Waals surface area contributed by atoms with E-state index in [1.165, 1.54) is 0 Å². The van der Waals surface area contributed by atoms with E-state index in [4.69, 9.17) is 9.47 Å². The van der Waals surface area contributed by atoms with Crippen molar-refractivity contribution >= 4 is 0 Å². The van der Waals surface area contributed by atoms with Crippen molar-refractivity contribution in [3.05, 3.63) is 0 Å². The lowest BCUT2D eigenvalue weighted by molar-refractivity contribution is -0.239. The summed E-state index contributed by atoms with van der Waals surface area (Å²) in [5.74, 6) is 0. The first-order valence-electron chi connectivity index (χ1n) is 5.10. The Morgan fingerprint density at radius 2 is 1.92 bits per heavy atom. The normalized spacial score (nSPS) is 34.8. The first-order valence-corrected chi connectivity index (χ1v) is 5.10. The Hall–Kier alpha value is -0.120. The van der Waals surface area contributed by atoms with Gasteiger partial charge in [-0.2, -0.15) is 0 Å². The van der Waals surface area contributed by atoms with Gasteiger partial charge in [0, 0.05) is 5.41 Å². The Balaban J connectivity index is 2.36. The summed E-state index contributed by atoms with van der Waals surface area (Å²) in [6.07, 6.45) is 2.88. The van der Waals surface area contributed by atoms with Gasteiger partial charge in [0.25, 0.3) is 0 Å². The van der Waals surface area contributed by atoms with Gasteiger partial charge >= 0.3 is 0 Å². The maximum absolute atomic E-state index is 9.20. The molecular formula is C10H20O3. The second-order valence-electron chi connectivity index (χ2n) is 3.85. The molecule has 1 aliphatic heterocycles. The zero-order valence-electron chi connectivity index (χ0n) is 8.58. The molecule has 3 nitrogen and oxygen atoms in total. The van der Waals surface area contributed by atoms with E-state index < -0.39 is 0 Å². The molecule has 1 rings (SSSR count). The molecule has 0 aromatic carbocycles. The van der Waals surface area contributed by atoms with Crippen molar-refractivity contribution in [2.45, 2.75) is 39.4 Å². The van der Waals surface area contributed by atoms with Crippen LogP contribution in [0.4, 0.5) is 0 Å². The van der Waals surface area contributed by atoms with Crippen LogP contribution < -0.4 is 0 Å². The molecule has 0 aliphatic carbocycles. The summed E-state index contributed by atoms with van der Waals surface area (Å²) < 4.78 is 11.1. The number of aliphatic hydroxyl groups is 1. The minimum atomic E-state index is -0.149. The molecule has 1 aliphatic rings. The predicted molar refractivity (Wildman–Crippen MR) is 50.4 cm³/mol. The predicted octanol–water partition coefficient (Wildman–Crippen LogP) is 1.55. The summed E-state index contributed by atoms with van der Waals surface area (Å²) >= 11 is 0. The summed E-state index contributed by atoms with van der Waals surface area (Å²) in [5, 5.41) is 9.20. The van der Waals surface area contributed by atoms with Crippen molar-refractivity contribution in [1.82, 2.24) is 0 Å². The first-order chi connectivity index (χ1) is 6.26. The van der Waals surface area contributed by atoms with E-state index in [2.05, 4.69) is 13.8 Å². The maximum atomic E-state index is 9.20. The fourth-order valence-corrected chi connectivity index (χ4v) is 1.44. The maximum Gasteiger partial charge on any atom is 0.157 e. The van der Waals surface area contributed by atoms with Crippen LogP contribution in [0.2, 0.25) is 0 Å². The van der Waals surface area contributed by atoms with Crippen molar-refractivity contribution < 1.29 is 14.6 Å². The summed E-state index contributed by atoms with van der Waals surface area (Å²) in [6, 6.07) is 0. The summed E-state index contributed by atoms with van der Waals surface area (Å²) in [7, 11) is 0. The van der Waals surface area contributed by atoms with Gasteiger partial charge in [0.05, 0.1) is 19.8 Å². The molecule has 0 aromatic heterocycles. The quantitative estimate of drug-likeness (QED) is 0.727. The van der Waals surface area contributed by atoms with Crippen LogP contribution in [0, 0.1) is 5.41 Å².